The molecular formula is C27H23F6NO3. The number of rotatable bonds is 5. The molecule has 1 N–H and O–H groups in total. The normalized spacial score (nSPS) is 18.6. The van der Waals surface area contributed by atoms with Gasteiger partial charge in [-0.15, -0.1) is 0 Å². The van der Waals surface area contributed by atoms with E-state index in [1.807, 2.05) is 36.4 Å². The number of likely N-dealkylation sites (tertiary alicyclic amines) is 1. The second-order valence-electron chi connectivity index (χ2n) is 8.90. The Labute approximate surface area is 209 Å². The highest BCUT2D eigenvalue weighted by Crippen LogP contribution is 2.50. The van der Waals surface area contributed by atoms with Crippen LogP contribution in [0.1, 0.15) is 34.1 Å². The van der Waals surface area contributed by atoms with Crippen molar-refractivity contribution < 1.29 is 41.0 Å². The fourth-order valence-corrected chi connectivity index (χ4v) is 4.60. The number of hydrogen-bond donors (Lipinski definition) is 1. The number of halogens is 6. The Morgan fingerprint density at radius 2 is 1.22 bits per heavy atom. The summed E-state index contributed by atoms with van der Waals surface area (Å²) in [5.41, 5.74) is -4.24. The zero-order valence-electron chi connectivity index (χ0n) is 19.3. The quantitative estimate of drug-likeness (QED) is 0.388. The van der Waals surface area contributed by atoms with Gasteiger partial charge in [-0.2, -0.15) is 26.3 Å². The topological polar surface area (TPSA) is 49.8 Å². The van der Waals surface area contributed by atoms with Crippen molar-refractivity contribution in [3.8, 4) is 0 Å². The number of ether oxygens (including phenoxy) is 1. The van der Waals surface area contributed by atoms with Crippen molar-refractivity contribution >= 4 is 6.09 Å². The molecule has 37 heavy (non-hydrogen) atoms. The van der Waals surface area contributed by atoms with Gasteiger partial charge in [-0.1, -0.05) is 84.9 Å². The molecule has 1 fully saturated rings. The minimum absolute atomic E-state index is 0.0546. The Balaban J connectivity index is 1.60. The van der Waals surface area contributed by atoms with Gasteiger partial charge < -0.3 is 14.7 Å². The summed E-state index contributed by atoms with van der Waals surface area (Å²) in [5, 5.41) is 9.69. The van der Waals surface area contributed by atoms with E-state index in [4.69, 9.17) is 4.74 Å². The van der Waals surface area contributed by atoms with Gasteiger partial charge in [0.2, 0.25) is 0 Å². The standard InChI is InChI=1S/C27H23F6NO3/c28-26(29,30)25(36,27(31,32)33)21-13-11-20(12-14-21)23-16-34(15-22(23)19-9-5-2-6-10-19)24(35)37-17-18-7-3-1-4-8-18/h1-14,22-23,36H,15-17H2/t22-,23+/m1/s1. The average Bonchev–Trinajstić information content (AvgIpc) is 3.32. The predicted molar refractivity (Wildman–Crippen MR) is 123 cm³/mol. The molecule has 1 saturated heterocycles. The van der Waals surface area contributed by atoms with Crippen molar-refractivity contribution in [1.29, 1.82) is 0 Å². The summed E-state index contributed by atoms with van der Waals surface area (Å²) in [6.07, 6.45) is -12.5. The zero-order chi connectivity index (χ0) is 26.8. The molecule has 4 nitrogen and oxygen atoms in total. The van der Waals surface area contributed by atoms with Crippen LogP contribution in [0.3, 0.4) is 0 Å². The molecule has 0 saturated carbocycles. The van der Waals surface area contributed by atoms with Gasteiger partial charge in [-0.25, -0.2) is 4.79 Å². The van der Waals surface area contributed by atoms with Gasteiger partial charge in [0.25, 0.3) is 5.60 Å². The molecule has 0 aliphatic carbocycles. The van der Waals surface area contributed by atoms with E-state index in [0.29, 0.717) is 17.7 Å². The SMILES string of the molecule is O=C(OCc1ccccc1)N1C[C@H](c2ccccc2)[C@H](c2ccc(C(O)(C(F)(F)F)C(F)(F)F)cc2)C1. The molecule has 3 aromatic rings. The maximum atomic E-state index is 13.3. The molecule has 1 aliphatic rings. The molecule has 0 unspecified atom stereocenters. The number of hydrogen-bond acceptors (Lipinski definition) is 3. The van der Waals surface area contributed by atoms with E-state index in [1.165, 1.54) is 4.90 Å². The molecule has 2 atom stereocenters. The summed E-state index contributed by atoms with van der Waals surface area (Å²) in [4.78, 5) is 14.3. The summed E-state index contributed by atoms with van der Waals surface area (Å²) in [6.45, 7) is 0.452. The van der Waals surface area contributed by atoms with Crippen molar-refractivity contribution in [1.82, 2.24) is 4.90 Å². The molecule has 1 heterocycles. The van der Waals surface area contributed by atoms with E-state index in [2.05, 4.69) is 0 Å². The lowest BCUT2D eigenvalue weighted by Crippen LogP contribution is -2.53. The Kier molecular flexibility index (Phi) is 7.23. The second kappa shape index (κ2) is 10.1. The lowest BCUT2D eigenvalue weighted by molar-refractivity contribution is -0.376. The summed E-state index contributed by atoms with van der Waals surface area (Å²) in [6, 6.07) is 21.7. The number of aliphatic hydroxyl groups is 1. The van der Waals surface area contributed by atoms with Crippen LogP contribution in [-0.4, -0.2) is 41.5 Å². The first-order chi connectivity index (χ1) is 17.4. The first-order valence-corrected chi connectivity index (χ1v) is 11.4. The highest BCUT2D eigenvalue weighted by molar-refractivity contribution is 5.68. The van der Waals surface area contributed by atoms with Gasteiger partial charge in [0.1, 0.15) is 6.61 Å². The summed E-state index contributed by atoms with van der Waals surface area (Å²) in [7, 11) is 0. The van der Waals surface area contributed by atoms with E-state index in [1.54, 1.807) is 24.3 Å². The minimum Gasteiger partial charge on any atom is -0.445 e. The van der Waals surface area contributed by atoms with Crippen molar-refractivity contribution in [3.05, 3.63) is 107 Å². The Hall–Kier alpha value is -3.53. The maximum Gasteiger partial charge on any atom is 0.430 e. The van der Waals surface area contributed by atoms with Gasteiger partial charge in [0, 0.05) is 30.5 Å². The smallest absolute Gasteiger partial charge is 0.430 e. The zero-order valence-corrected chi connectivity index (χ0v) is 19.3. The number of carbonyl (C=O) groups is 1. The van der Waals surface area contributed by atoms with E-state index >= 15 is 0 Å². The van der Waals surface area contributed by atoms with Gasteiger partial charge in [-0.05, 0) is 16.7 Å². The van der Waals surface area contributed by atoms with Gasteiger partial charge in [0.05, 0.1) is 0 Å². The molecule has 4 rings (SSSR count). The average molecular weight is 523 g/mol. The van der Waals surface area contributed by atoms with Crippen LogP contribution < -0.4 is 0 Å². The number of amides is 1. The van der Waals surface area contributed by atoms with Gasteiger partial charge in [-0.3, -0.25) is 0 Å². The lowest BCUT2D eigenvalue weighted by Gasteiger charge is -2.33. The fourth-order valence-electron chi connectivity index (χ4n) is 4.60. The molecule has 10 heteroatoms. The number of alkyl halides is 6. The number of benzene rings is 3. The van der Waals surface area contributed by atoms with E-state index in [0.717, 1.165) is 23.3 Å². The van der Waals surface area contributed by atoms with Crippen LogP contribution in [0.2, 0.25) is 0 Å². The van der Waals surface area contributed by atoms with E-state index < -0.39 is 35.5 Å². The minimum atomic E-state index is -5.97. The number of nitrogens with zero attached hydrogens (tertiary/aromatic N) is 1. The predicted octanol–water partition coefficient (Wildman–Crippen LogP) is 6.52. The van der Waals surface area contributed by atoms with Crippen LogP contribution >= 0.6 is 0 Å². The molecule has 0 radical (unpaired) electrons. The van der Waals surface area contributed by atoms with Crippen LogP contribution in [0.25, 0.3) is 0 Å². The van der Waals surface area contributed by atoms with E-state index in [9.17, 15) is 36.2 Å². The summed E-state index contributed by atoms with van der Waals surface area (Å²) >= 11 is 0. The summed E-state index contributed by atoms with van der Waals surface area (Å²) in [5.74, 6) is -0.703. The third-order valence-electron chi connectivity index (χ3n) is 6.59. The first-order valence-electron chi connectivity index (χ1n) is 11.4. The largest absolute Gasteiger partial charge is 0.445 e. The van der Waals surface area contributed by atoms with Crippen molar-refractivity contribution in [2.75, 3.05) is 13.1 Å². The third kappa shape index (κ3) is 5.29. The highest BCUT2D eigenvalue weighted by atomic mass is 19.4. The fraction of sp³-hybridized carbons (Fsp3) is 0.296. The molecular weight excluding hydrogens is 500 g/mol. The van der Waals surface area contributed by atoms with Crippen LogP contribution in [0.4, 0.5) is 31.1 Å². The number of carbonyl (C=O) groups excluding carboxylic acids is 1. The summed E-state index contributed by atoms with van der Waals surface area (Å²) < 4.78 is 85.1. The lowest BCUT2D eigenvalue weighted by atomic mass is 9.83. The van der Waals surface area contributed by atoms with Crippen LogP contribution in [0.15, 0.2) is 84.9 Å². The second-order valence-corrected chi connectivity index (χ2v) is 8.90. The molecule has 0 aromatic heterocycles. The molecule has 1 aliphatic heterocycles. The molecule has 0 bridgehead atoms. The molecule has 0 spiro atoms. The van der Waals surface area contributed by atoms with Crippen LogP contribution in [0, 0.1) is 0 Å². The molecule has 196 valence electrons. The van der Waals surface area contributed by atoms with Crippen molar-refractivity contribution in [2.45, 2.75) is 36.4 Å². The maximum absolute atomic E-state index is 13.3. The third-order valence-corrected chi connectivity index (χ3v) is 6.59. The van der Waals surface area contributed by atoms with Gasteiger partial charge >= 0.3 is 18.4 Å². The Morgan fingerprint density at radius 3 is 1.70 bits per heavy atom. The van der Waals surface area contributed by atoms with Crippen LogP contribution in [-0.2, 0) is 16.9 Å². The van der Waals surface area contributed by atoms with Gasteiger partial charge in [0.15, 0.2) is 0 Å². The Bertz CT molecular complexity index is 1180. The monoisotopic (exact) mass is 523 g/mol. The van der Waals surface area contributed by atoms with E-state index in [-0.39, 0.29) is 25.6 Å². The molecule has 1 amide bonds. The first kappa shape index (κ1) is 26.5. The van der Waals surface area contributed by atoms with Crippen LogP contribution in [0.5, 0.6) is 0 Å². The van der Waals surface area contributed by atoms with Crippen molar-refractivity contribution in [3.63, 3.8) is 0 Å². The molecule has 3 aromatic carbocycles. The Morgan fingerprint density at radius 1 is 0.757 bits per heavy atom. The van der Waals surface area contributed by atoms with Crippen molar-refractivity contribution in [2.24, 2.45) is 0 Å². The highest BCUT2D eigenvalue weighted by Gasteiger charge is 2.71.